The predicted molar refractivity (Wildman–Crippen MR) is 65.0 cm³/mol. The molecule has 0 aliphatic rings. The molecule has 0 bridgehead atoms. The summed E-state index contributed by atoms with van der Waals surface area (Å²) >= 11 is 0.876. The van der Waals surface area contributed by atoms with E-state index in [1.807, 2.05) is 0 Å². The Morgan fingerprint density at radius 2 is 2.05 bits per heavy atom. The molecule has 0 radical (unpaired) electrons. The lowest BCUT2D eigenvalue weighted by atomic mass is 10.3. The van der Waals surface area contributed by atoms with Gasteiger partial charge in [0.05, 0.1) is 12.2 Å². The quantitative estimate of drug-likeness (QED) is 0.774. The molecule has 0 fully saturated rings. The average Bonchev–Trinajstić information content (AvgIpc) is 2.74. The minimum absolute atomic E-state index is 0.0624. The third-order valence-electron chi connectivity index (χ3n) is 2.14. The van der Waals surface area contributed by atoms with Gasteiger partial charge in [0.15, 0.2) is 0 Å². The van der Waals surface area contributed by atoms with Gasteiger partial charge >= 0.3 is 18.2 Å². The van der Waals surface area contributed by atoms with Crippen molar-refractivity contribution in [2.24, 2.45) is 0 Å². The van der Waals surface area contributed by atoms with E-state index in [0.717, 1.165) is 11.3 Å². The smallest absolute Gasteiger partial charge is 0.406 e. The highest BCUT2D eigenvalue weighted by molar-refractivity contribution is 7.14. The van der Waals surface area contributed by atoms with E-state index in [1.54, 1.807) is 0 Å². The number of carboxylic acid groups (broad SMARTS) is 1. The van der Waals surface area contributed by atoms with Gasteiger partial charge in [-0.15, -0.1) is 11.3 Å². The number of amides is 2. The van der Waals surface area contributed by atoms with Crippen LogP contribution in [-0.4, -0.2) is 53.0 Å². The number of rotatable bonds is 5. The maximum Gasteiger partial charge on any atom is 0.406 e. The third-order valence-corrected chi connectivity index (χ3v) is 2.97. The Morgan fingerprint density at radius 3 is 2.55 bits per heavy atom. The average molecular weight is 312 g/mol. The predicted octanol–water partition coefficient (Wildman–Crippen LogP) is 1.83. The number of anilines is 1. The van der Waals surface area contributed by atoms with Gasteiger partial charge in [-0.1, -0.05) is 0 Å². The molecule has 3 N–H and O–H groups in total. The summed E-state index contributed by atoms with van der Waals surface area (Å²) < 4.78 is 36.8. The number of carboxylic acids is 1. The number of aliphatic hydroxyl groups excluding tert-OH is 1. The standard InChI is InChI=1S/C10H11F3N2O4S/c11-10(12,13)5-15(2-3-16)9(19)14-7-6(8(17)18)1-4-20-7/h1,4,16H,2-3,5H2,(H,14,19)(H,17,18). The van der Waals surface area contributed by atoms with Crippen LogP contribution in [0, 0.1) is 0 Å². The Hall–Kier alpha value is -1.81. The first-order chi connectivity index (χ1) is 9.24. The monoisotopic (exact) mass is 312 g/mol. The summed E-state index contributed by atoms with van der Waals surface area (Å²) in [7, 11) is 0. The molecule has 2 amide bonds. The maximum absolute atomic E-state index is 12.3. The molecule has 112 valence electrons. The number of urea groups is 1. The van der Waals surface area contributed by atoms with Crippen LogP contribution in [0.1, 0.15) is 10.4 Å². The zero-order valence-electron chi connectivity index (χ0n) is 9.98. The second-order valence-electron chi connectivity index (χ2n) is 3.66. The van der Waals surface area contributed by atoms with Crippen molar-refractivity contribution >= 4 is 28.3 Å². The van der Waals surface area contributed by atoms with Crippen molar-refractivity contribution in [2.75, 3.05) is 25.0 Å². The van der Waals surface area contributed by atoms with Crippen LogP contribution < -0.4 is 5.32 Å². The maximum atomic E-state index is 12.3. The minimum atomic E-state index is -4.61. The van der Waals surface area contributed by atoms with Crippen molar-refractivity contribution in [3.05, 3.63) is 17.0 Å². The zero-order valence-corrected chi connectivity index (χ0v) is 10.8. The summed E-state index contributed by atoms with van der Waals surface area (Å²) in [6.07, 6.45) is -4.61. The third kappa shape index (κ3) is 4.70. The van der Waals surface area contributed by atoms with Gasteiger partial charge in [-0.2, -0.15) is 13.2 Å². The van der Waals surface area contributed by atoms with Crippen LogP contribution in [0.5, 0.6) is 0 Å². The van der Waals surface area contributed by atoms with Gasteiger partial charge in [0, 0.05) is 6.54 Å². The molecule has 0 atom stereocenters. The Balaban J connectivity index is 2.80. The molecule has 6 nitrogen and oxygen atoms in total. The Morgan fingerprint density at radius 1 is 1.40 bits per heavy atom. The highest BCUT2D eigenvalue weighted by Crippen LogP contribution is 2.24. The second kappa shape index (κ2) is 6.57. The highest BCUT2D eigenvalue weighted by Gasteiger charge is 2.33. The lowest BCUT2D eigenvalue weighted by Crippen LogP contribution is -2.43. The lowest BCUT2D eigenvalue weighted by molar-refractivity contribution is -0.140. The molecule has 1 rings (SSSR count). The topological polar surface area (TPSA) is 89.9 Å². The second-order valence-corrected chi connectivity index (χ2v) is 4.58. The molecule has 1 aromatic rings. The van der Waals surface area contributed by atoms with Crippen LogP contribution >= 0.6 is 11.3 Å². The van der Waals surface area contributed by atoms with Crippen LogP contribution in [0.4, 0.5) is 23.0 Å². The van der Waals surface area contributed by atoms with E-state index in [-0.39, 0.29) is 10.6 Å². The number of carbonyl (C=O) groups is 2. The first kappa shape index (κ1) is 16.2. The van der Waals surface area contributed by atoms with Crippen molar-refractivity contribution in [1.29, 1.82) is 0 Å². The highest BCUT2D eigenvalue weighted by atomic mass is 32.1. The normalized spacial score (nSPS) is 11.2. The number of aromatic carboxylic acids is 1. The molecular formula is C10H11F3N2O4S. The van der Waals surface area contributed by atoms with Crippen molar-refractivity contribution in [3.8, 4) is 0 Å². The Kier molecular flexibility index (Phi) is 5.34. The molecule has 20 heavy (non-hydrogen) atoms. The molecule has 0 spiro atoms. The lowest BCUT2D eigenvalue weighted by Gasteiger charge is -2.23. The summed E-state index contributed by atoms with van der Waals surface area (Å²) in [4.78, 5) is 22.8. The van der Waals surface area contributed by atoms with Crippen LogP contribution in [0.2, 0.25) is 0 Å². The van der Waals surface area contributed by atoms with Gasteiger partial charge in [0.2, 0.25) is 0 Å². The van der Waals surface area contributed by atoms with E-state index in [1.165, 1.54) is 11.4 Å². The van der Waals surface area contributed by atoms with E-state index in [0.29, 0.717) is 4.90 Å². The van der Waals surface area contributed by atoms with Crippen molar-refractivity contribution < 1.29 is 33.0 Å². The molecule has 10 heteroatoms. The number of alkyl halides is 3. The fraction of sp³-hybridized carbons (Fsp3) is 0.400. The summed E-state index contributed by atoms with van der Waals surface area (Å²) in [5, 5.41) is 20.9. The number of hydrogen-bond donors (Lipinski definition) is 3. The molecule has 0 saturated carbocycles. The van der Waals surface area contributed by atoms with Crippen molar-refractivity contribution in [3.63, 3.8) is 0 Å². The number of nitrogens with one attached hydrogen (secondary N) is 1. The molecule has 0 aliphatic carbocycles. The number of nitrogens with zero attached hydrogens (tertiary/aromatic N) is 1. The number of thiophene rings is 1. The van der Waals surface area contributed by atoms with Gasteiger partial charge in [-0.05, 0) is 11.4 Å². The largest absolute Gasteiger partial charge is 0.478 e. The molecule has 0 saturated heterocycles. The van der Waals surface area contributed by atoms with Gasteiger partial charge < -0.3 is 15.1 Å². The molecule has 1 heterocycles. The van der Waals surface area contributed by atoms with Gasteiger partial charge in [0.25, 0.3) is 0 Å². The molecule has 0 aromatic carbocycles. The number of aliphatic hydroxyl groups is 1. The van der Waals surface area contributed by atoms with Gasteiger partial charge in [-0.3, -0.25) is 5.32 Å². The summed E-state index contributed by atoms with van der Waals surface area (Å²) in [6, 6.07) is 0.101. The summed E-state index contributed by atoms with van der Waals surface area (Å²) in [6.45, 7) is -2.69. The van der Waals surface area contributed by atoms with E-state index in [9.17, 15) is 22.8 Å². The van der Waals surface area contributed by atoms with E-state index >= 15 is 0 Å². The van der Waals surface area contributed by atoms with Crippen LogP contribution in [-0.2, 0) is 0 Å². The first-order valence-electron chi connectivity index (χ1n) is 5.29. The molecule has 0 aliphatic heterocycles. The van der Waals surface area contributed by atoms with E-state index in [4.69, 9.17) is 10.2 Å². The summed E-state index contributed by atoms with van der Waals surface area (Å²) in [5.41, 5.74) is -0.209. The fourth-order valence-electron chi connectivity index (χ4n) is 1.34. The SMILES string of the molecule is O=C(O)c1ccsc1NC(=O)N(CCO)CC(F)(F)F. The number of carbonyl (C=O) groups excluding carboxylic acids is 1. The molecule has 1 aromatic heterocycles. The van der Waals surface area contributed by atoms with E-state index < -0.39 is 37.9 Å². The number of hydrogen-bond acceptors (Lipinski definition) is 4. The number of halogens is 3. The first-order valence-corrected chi connectivity index (χ1v) is 6.17. The minimum Gasteiger partial charge on any atom is -0.478 e. The Labute approximate surface area is 115 Å². The molecule has 0 unspecified atom stereocenters. The summed E-state index contributed by atoms with van der Waals surface area (Å²) in [5.74, 6) is -1.30. The zero-order chi connectivity index (χ0) is 15.3. The van der Waals surface area contributed by atoms with E-state index in [2.05, 4.69) is 5.32 Å². The van der Waals surface area contributed by atoms with Crippen molar-refractivity contribution in [2.45, 2.75) is 6.18 Å². The fourth-order valence-corrected chi connectivity index (χ4v) is 2.11. The van der Waals surface area contributed by atoms with Crippen LogP contribution in [0.25, 0.3) is 0 Å². The van der Waals surface area contributed by atoms with Gasteiger partial charge in [0.1, 0.15) is 11.5 Å². The Bertz CT molecular complexity index is 489. The molecular weight excluding hydrogens is 301 g/mol. The van der Waals surface area contributed by atoms with Crippen LogP contribution in [0.15, 0.2) is 11.4 Å². The van der Waals surface area contributed by atoms with Crippen LogP contribution in [0.3, 0.4) is 0 Å². The van der Waals surface area contributed by atoms with Crippen molar-refractivity contribution in [1.82, 2.24) is 4.90 Å². The van der Waals surface area contributed by atoms with Gasteiger partial charge in [-0.25, -0.2) is 9.59 Å².